The summed E-state index contributed by atoms with van der Waals surface area (Å²) < 4.78 is 0. The molecule has 5 heteroatoms. The second-order valence-electron chi connectivity index (χ2n) is 4.01. The lowest BCUT2D eigenvalue weighted by Gasteiger charge is -2.27. The molecule has 0 heterocycles. The summed E-state index contributed by atoms with van der Waals surface area (Å²) in [5.41, 5.74) is 6.39. The molecule has 0 unspecified atom stereocenters. The lowest BCUT2D eigenvalue weighted by Crippen LogP contribution is -2.38. The van der Waals surface area contributed by atoms with Crippen molar-refractivity contribution >= 4 is 29.5 Å². The number of halogens is 1. The highest BCUT2D eigenvalue weighted by Gasteiger charge is 2.14. The van der Waals surface area contributed by atoms with Crippen LogP contribution in [0.25, 0.3) is 0 Å². The van der Waals surface area contributed by atoms with Gasteiger partial charge in [0.1, 0.15) is 0 Å². The van der Waals surface area contributed by atoms with Crippen LogP contribution in [0, 0.1) is 0 Å². The molecule has 0 aliphatic carbocycles. The van der Waals surface area contributed by atoms with Crippen molar-refractivity contribution in [1.82, 2.24) is 0 Å². The van der Waals surface area contributed by atoms with Crippen molar-refractivity contribution in [1.29, 1.82) is 0 Å². The molecule has 0 bridgehead atoms. The van der Waals surface area contributed by atoms with E-state index in [-0.39, 0.29) is 12.6 Å². The molecule has 92 valence electrons. The monoisotopic (exact) mass is 254 g/mol. The van der Waals surface area contributed by atoms with Gasteiger partial charge in [-0.15, -0.1) is 0 Å². The van der Waals surface area contributed by atoms with Crippen LogP contribution in [0.4, 0.5) is 5.69 Å². The minimum atomic E-state index is -0.408. The normalized spacial score (nSPS) is 10.4. The van der Waals surface area contributed by atoms with E-state index in [1.165, 1.54) is 0 Å². The molecule has 0 radical (unpaired) electrons. The SMILES string of the molecule is CC(C)N(CC(N)=O)c1ccc(C=O)c(Cl)c1. The highest BCUT2D eigenvalue weighted by Crippen LogP contribution is 2.24. The largest absolute Gasteiger partial charge is 0.368 e. The summed E-state index contributed by atoms with van der Waals surface area (Å²) in [4.78, 5) is 23.5. The fraction of sp³-hybridized carbons (Fsp3) is 0.333. The average molecular weight is 255 g/mol. The van der Waals surface area contributed by atoms with E-state index in [9.17, 15) is 9.59 Å². The third kappa shape index (κ3) is 3.46. The van der Waals surface area contributed by atoms with Crippen LogP contribution in [0.15, 0.2) is 18.2 Å². The van der Waals surface area contributed by atoms with Gasteiger partial charge in [-0.2, -0.15) is 0 Å². The molecule has 0 spiro atoms. The van der Waals surface area contributed by atoms with Crippen molar-refractivity contribution in [2.75, 3.05) is 11.4 Å². The summed E-state index contributed by atoms with van der Waals surface area (Å²) >= 11 is 5.94. The van der Waals surface area contributed by atoms with Crippen LogP contribution in [0.2, 0.25) is 5.02 Å². The van der Waals surface area contributed by atoms with Crippen LogP contribution < -0.4 is 10.6 Å². The fourth-order valence-corrected chi connectivity index (χ4v) is 1.75. The van der Waals surface area contributed by atoms with Crippen LogP contribution >= 0.6 is 11.6 Å². The number of anilines is 1. The van der Waals surface area contributed by atoms with Crippen LogP contribution in [0.1, 0.15) is 24.2 Å². The zero-order valence-corrected chi connectivity index (χ0v) is 10.6. The molecule has 0 atom stereocenters. The van der Waals surface area contributed by atoms with Gasteiger partial charge in [-0.05, 0) is 32.0 Å². The molecule has 1 aromatic carbocycles. The van der Waals surface area contributed by atoms with E-state index in [1.54, 1.807) is 18.2 Å². The Balaban J connectivity index is 3.06. The number of hydrogen-bond donors (Lipinski definition) is 1. The molecule has 17 heavy (non-hydrogen) atoms. The number of carbonyl (C=O) groups is 2. The van der Waals surface area contributed by atoms with Crippen LogP contribution in [0.3, 0.4) is 0 Å². The molecule has 0 aromatic heterocycles. The van der Waals surface area contributed by atoms with Crippen molar-refractivity contribution in [2.45, 2.75) is 19.9 Å². The number of carbonyl (C=O) groups excluding carboxylic acids is 2. The molecule has 2 N–H and O–H groups in total. The number of rotatable bonds is 5. The Morgan fingerprint density at radius 1 is 1.53 bits per heavy atom. The summed E-state index contributed by atoms with van der Waals surface area (Å²) in [7, 11) is 0. The third-order valence-electron chi connectivity index (χ3n) is 2.39. The number of aldehydes is 1. The first-order chi connectivity index (χ1) is 7.95. The Morgan fingerprint density at radius 3 is 2.59 bits per heavy atom. The number of hydrogen-bond acceptors (Lipinski definition) is 3. The molecule has 1 rings (SSSR count). The number of nitrogens with zero attached hydrogens (tertiary/aromatic N) is 1. The summed E-state index contributed by atoms with van der Waals surface area (Å²) in [5, 5.41) is 0.368. The van der Waals surface area contributed by atoms with Gasteiger partial charge < -0.3 is 10.6 Å². The van der Waals surface area contributed by atoms with Gasteiger partial charge in [0.15, 0.2) is 6.29 Å². The molecular formula is C12H15ClN2O2. The summed E-state index contributed by atoms with van der Waals surface area (Å²) in [6.45, 7) is 4.02. The first kappa shape index (κ1) is 13.5. The number of primary amides is 1. The third-order valence-corrected chi connectivity index (χ3v) is 2.72. The van der Waals surface area contributed by atoms with Gasteiger partial charge in [0.25, 0.3) is 0 Å². The highest BCUT2D eigenvalue weighted by molar-refractivity contribution is 6.33. The van der Waals surface area contributed by atoms with Crippen molar-refractivity contribution in [3.8, 4) is 0 Å². The Bertz CT molecular complexity index is 433. The maximum Gasteiger partial charge on any atom is 0.236 e. The molecular weight excluding hydrogens is 240 g/mol. The molecule has 0 saturated heterocycles. The van der Waals surface area contributed by atoms with Crippen molar-refractivity contribution in [3.05, 3.63) is 28.8 Å². The van der Waals surface area contributed by atoms with E-state index in [1.807, 2.05) is 18.7 Å². The smallest absolute Gasteiger partial charge is 0.236 e. The number of benzene rings is 1. The number of amides is 1. The van der Waals surface area contributed by atoms with E-state index in [0.29, 0.717) is 16.9 Å². The van der Waals surface area contributed by atoms with Crippen molar-refractivity contribution < 1.29 is 9.59 Å². The molecule has 0 aliphatic rings. The van der Waals surface area contributed by atoms with Gasteiger partial charge >= 0.3 is 0 Å². The van der Waals surface area contributed by atoms with Crippen LogP contribution in [0.5, 0.6) is 0 Å². The van der Waals surface area contributed by atoms with Crippen LogP contribution in [-0.4, -0.2) is 24.8 Å². The van der Waals surface area contributed by atoms with Crippen LogP contribution in [-0.2, 0) is 4.79 Å². The fourth-order valence-electron chi connectivity index (χ4n) is 1.53. The second-order valence-corrected chi connectivity index (χ2v) is 4.42. The van der Waals surface area contributed by atoms with E-state index in [0.717, 1.165) is 5.69 Å². The Morgan fingerprint density at radius 2 is 2.18 bits per heavy atom. The summed E-state index contributed by atoms with van der Waals surface area (Å²) in [6.07, 6.45) is 0.694. The van der Waals surface area contributed by atoms with Gasteiger partial charge in [-0.25, -0.2) is 0 Å². The van der Waals surface area contributed by atoms with E-state index in [4.69, 9.17) is 17.3 Å². The van der Waals surface area contributed by atoms with E-state index in [2.05, 4.69) is 0 Å². The average Bonchev–Trinajstić information content (AvgIpc) is 2.25. The Hall–Kier alpha value is -1.55. The van der Waals surface area contributed by atoms with Crippen molar-refractivity contribution in [3.63, 3.8) is 0 Å². The predicted octanol–water partition coefficient (Wildman–Crippen LogP) is 1.85. The number of nitrogens with two attached hydrogens (primary N) is 1. The molecule has 1 aromatic rings. The minimum absolute atomic E-state index is 0.112. The zero-order valence-electron chi connectivity index (χ0n) is 9.81. The molecule has 1 amide bonds. The van der Waals surface area contributed by atoms with E-state index >= 15 is 0 Å². The van der Waals surface area contributed by atoms with Gasteiger partial charge in [-0.1, -0.05) is 11.6 Å². The topological polar surface area (TPSA) is 63.4 Å². The summed E-state index contributed by atoms with van der Waals surface area (Å²) in [6, 6.07) is 5.15. The quantitative estimate of drug-likeness (QED) is 0.816. The zero-order chi connectivity index (χ0) is 13.0. The molecule has 0 saturated carbocycles. The van der Waals surface area contributed by atoms with Gasteiger partial charge in [0.05, 0.1) is 11.6 Å². The van der Waals surface area contributed by atoms with Crippen molar-refractivity contribution in [2.24, 2.45) is 5.73 Å². The first-order valence-corrected chi connectivity index (χ1v) is 5.63. The molecule has 4 nitrogen and oxygen atoms in total. The lowest BCUT2D eigenvalue weighted by atomic mass is 10.2. The first-order valence-electron chi connectivity index (χ1n) is 5.25. The van der Waals surface area contributed by atoms with Gasteiger partial charge in [-0.3, -0.25) is 9.59 Å². The Labute approximate surface area is 105 Å². The predicted molar refractivity (Wildman–Crippen MR) is 68.5 cm³/mol. The highest BCUT2D eigenvalue weighted by atomic mass is 35.5. The standard InChI is InChI=1S/C12H15ClN2O2/c1-8(2)15(6-12(14)17)10-4-3-9(7-16)11(13)5-10/h3-5,7-8H,6H2,1-2H3,(H2,14,17). The second kappa shape index (κ2) is 5.68. The minimum Gasteiger partial charge on any atom is -0.368 e. The van der Waals surface area contributed by atoms with E-state index < -0.39 is 5.91 Å². The Kier molecular flexibility index (Phi) is 4.52. The maximum atomic E-state index is 11.0. The maximum absolute atomic E-state index is 11.0. The van der Waals surface area contributed by atoms with Gasteiger partial charge in [0.2, 0.25) is 5.91 Å². The van der Waals surface area contributed by atoms with Gasteiger partial charge in [0, 0.05) is 17.3 Å². The molecule has 0 fully saturated rings. The summed E-state index contributed by atoms with van der Waals surface area (Å²) in [5.74, 6) is -0.408. The molecule has 0 aliphatic heterocycles. The lowest BCUT2D eigenvalue weighted by molar-refractivity contribution is -0.116.